The molecule has 3 N–H and O–H groups in total. The highest BCUT2D eigenvalue weighted by molar-refractivity contribution is 5.73. The first kappa shape index (κ1) is 8.53. The Kier molecular flexibility index (Phi) is 2.88. The van der Waals surface area contributed by atoms with Crippen molar-refractivity contribution in [2.45, 2.75) is 44.7 Å². The van der Waals surface area contributed by atoms with Gasteiger partial charge in [0.05, 0.1) is 0 Å². The zero-order chi connectivity index (χ0) is 8.27. The molecule has 0 aromatic heterocycles. The summed E-state index contributed by atoms with van der Waals surface area (Å²) in [5.74, 6) is 0.0346. The van der Waals surface area contributed by atoms with E-state index in [1.54, 1.807) is 6.92 Å². The Hall–Kier alpha value is -0.570. The summed E-state index contributed by atoms with van der Waals surface area (Å²) in [4.78, 5) is 10.7. The smallest absolute Gasteiger partial charge is 0.217 e. The summed E-state index contributed by atoms with van der Waals surface area (Å²) in [6.07, 6.45) is 4.49. The van der Waals surface area contributed by atoms with Crippen LogP contribution in [0.3, 0.4) is 0 Å². The molecule has 3 nitrogen and oxygen atoms in total. The molecule has 64 valence electrons. The lowest BCUT2D eigenvalue weighted by atomic mass is 9.91. The predicted molar refractivity (Wildman–Crippen MR) is 44.0 cm³/mol. The van der Waals surface area contributed by atoms with Gasteiger partial charge in [-0.25, -0.2) is 0 Å². The summed E-state index contributed by atoms with van der Waals surface area (Å²) in [7, 11) is 0. The fraction of sp³-hybridized carbons (Fsp3) is 0.875. The zero-order valence-electron chi connectivity index (χ0n) is 6.97. The Morgan fingerprint density at radius 3 is 2.64 bits per heavy atom. The average molecular weight is 156 g/mol. The zero-order valence-corrected chi connectivity index (χ0v) is 6.97. The van der Waals surface area contributed by atoms with E-state index in [2.05, 4.69) is 5.32 Å². The maximum atomic E-state index is 10.7. The van der Waals surface area contributed by atoms with Crippen molar-refractivity contribution in [1.82, 2.24) is 5.32 Å². The van der Waals surface area contributed by atoms with Gasteiger partial charge in [-0.15, -0.1) is 0 Å². The third kappa shape index (κ3) is 2.50. The van der Waals surface area contributed by atoms with Gasteiger partial charge in [0.25, 0.3) is 0 Å². The second-order valence-electron chi connectivity index (χ2n) is 3.26. The fourth-order valence-corrected chi connectivity index (χ4v) is 1.60. The Balaban J connectivity index is 2.35. The van der Waals surface area contributed by atoms with E-state index in [0.717, 1.165) is 12.8 Å². The normalized spacial score (nSPS) is 31.5. The number of amides is 1. The van der Waals surface area contributed by atoms with E-state index in [1.807, 2.05) is 0 Å². The van der Waals surface area contributed by atoms with Gasteiger partial charge in [-0.1, -0.05) is 12.8 Å². The number of nitrogens with one attached hydrogen (secondary N) is 1. The SMILES string of the molecule is CC(=O)N[C@H]1CCCC[C@H]1N. The summed E-state index contributed by atoms with van der Waals surface area (Å²) >= 11 is 0. The second-order valence-corrected chi connectivity index (χ2v) is 3.26. The molecule has 0 heterocycles. The van der Waals surface area contributed by atoms with Crippen molar-refractivity contribution in [1.29, 1.82) is 0 Å². The van der Waals surface area contributed by atoms with Crippen molar-refractivity contribution in [2.75, 3.05) is 0 Å². The van der Waals surface area contributed by atoms with E-state index < -0.39 is 0 Å². The van der Waals surface area contributed by atoms with Crippen molar-refractivity contribution < 1.29 is 4.79 Å². The maximum Gasteiger partial charge on any atom is 0.217 e. The van der Waals surface area contributed by atoms with Crippen LogP contribution in [0, 0.1) is 0 Å². The molecular formula is C8H16N2O. The molecule has 11 heavy (non-hydrogen) atoms. The van der Waals surface area contributed by atoms with Crippen LogP contribution in [-0.4, -0.2) is 18.0 Å². The van der Waals surface area contributed by atoms with Gasteiger partial charge in [0.1, 0.15) is 0 Å². The van der Waals surface area contributed by atoms with Crippen molar-refractivity contribution >= 4 is 5.91 Å². The third-order valence-electron chi connectivity index (χ3n) is 2.21. The van der Waals surface area contributed by atoms with E-state index in [1.165, 1.54) is 12.8 Å². The van der Waals surface area contributed by atoms with Crippen LogP contribution in [0.1, 0.15) is 32.6 Å². The highest BCUT2D eigenvalue weighted by Gasteiger charge is 2.21. The summed E-state index contributed by atoms with van der Waals surface area (Å²) in [5, 5.41) is 2.87. The summed E-state index contributed by atoms with van der Waals surface area (Å²) in [5.41, 5.74) is 5.81. The lowest BCUT2D eigenvalue weighted by molar-refractivity contribution is -0.120. The van der Waals surface area contributed by atoms with Crippen LogP contribution in [-0.2, 0) is 4.79 Å². The van der Waals surface area contributed by atoms with Crippen LogP contribution in [0.25, 0.3) is 0 Å². The number of hydrogen-bond acceptors (Lipinski definition) is 2. The van der Waals surface area contributed by atoms with Gasteiger partial charge < -0.3 is 11.1 Å². The van der Waals surface area contributed by atoms with E-state index >= 15 is 0 Å². The van der Waals surface area contributed by atoms with Crippen LogP contribution in [0.4, 0.5) is 0 Å². The minimum absolute atomic E-state index is 0.0346. The number of carbonyl (C=O) groups excluding carboxylic acids is 1. The van der Waals surface area contributed by atoms with Crippen molar-refractivity contribution in [3.05, 3.63) is 0 Å². The lowest BCUT2D eigenvalue weighted by Crippen LogP contribution is -2.48. The maximum absolute atomic E-state index is 10.7. The number of rotatable bonds is 1. The molecule has 0 unspecified atom stereocenters. The molecule has 1 rings (SSSR count). The Morgan fingerprint density at radius 2 is 2.09 bits per heavy atom. The van der Waals surface area contributed by atoms with Crippen molar-refractivity contribution in [2.24, 2.45) is 5.73 Å². The minimum Gasteiger partial charge on any atom is -0.352 e. The molecule has 0 radical (unpaired) electrons. The van der Waals surface area contributed by atoms with Gasteiger partial charge in [0.15, 0.2) is 0 Å². The van der Waals surface area contributed by atoms with Gasteiger partial charge in [-0.3, -0.25) is 4.79 Å². The fourth-order valence-electron chi connectivity index (χ4n) is 1.60. The molecule has 0 spiro atoms. The predicted octanol–water partition coefficient (Wildman–Crippen LogP) is 0.392. The molecule has 0 aromatic carbocycles. The van der Waals surface area contributed by atoms with E-state index in [4.69, 9.17) is 5.73 Å². The number of carbonyl (C=O) groups is 1. The van der Waals surface area contributed by atoms with Crippen molar-refractivity contribution in [3.8, 4) is 0 Å². The highest BCUT2D eigenvalue weighted by atomic mass is 16.1. The Morgan fingerprint density at radius 1 is 1.45 bits per heavy atom. The number of hydrogen-bond donors (Lipinski definition) is 2. The van der Waals surface area contributed by atoms with E-state index in [0.29, 0.717) is 0 Å². The van der Waals surface area contributed by atoms with Gasteiger partial charge in [-0.2, -0.15) is 0 Å². The molecule has 0 bridgehead atoms. The molecule has 1 aliphatic carbocycles. The molecule has 1 saturated carbocycles. The average Bonchev–Trinajstić information content (AvgIpc) is 1.93. The van der Waals surface area contributed by atoms with Crippen LogP contribution in [0.5, 0.6) is 0 Å². The van der Waals surface area contributed by atoms with Crippen molar-refractivity contribution in [3.63, 3.8) is 0 Å². The molecule has 0 saturated heterocycles. The van der Waals surface area contributed by atoms with E-state index in [9.17, 15) is 4.79 Å². The van der Waals surface area contributed by atoms with Crippen LogP contribution < -0.4 is 11.1 Å². The highest BCUT2D eigenvalue weighted by Crippen LogP contribution is 2.16. The lowest BCUT2D eigenvalue weighted by Gasteiger charge is -2.28. The van der Waals surface area contributed by atoms with Crippen LogP contribution in [0.15, 0.2) is 0 Å². The van der Waals surface area contributed by atoms with Crippen LogP contribution in [0.2, 0.25) is 0 Å². The van der Waals surface area contributed by atoms with Gasteiger partial charge in [-0.05, 0) is 12.8 Å². The summed E-state index contributed by atoms with van der Waals surface area (Å²) in [6.45, 7) is 1.54. The first-order valence-corrected chi connectivity index (χ1v) is 4.23. The van der Waals surface area contributed by atoms with Gasteiger partial charge in [0, 0.05) is 19.0 Å². The second kappa shape index (κ2) is 3.72. The first-order valence-electron chi connectivity index (χ1n) is 4.23. The largest absolute Gasteiger partial charge is 0.352 e. The summed E-state index contributed by atoms with van der Waals surface area (Å²) in [6, 6.07) is 0.397. The summed E-state index contributed by atoms with van der Waals surface area (Å²) < 4.78 is 0. The Bertz CT molecular complexity index is 147. The monoisotopic (exact) mass is 156 g/mol. The van der Waals surface area contributed by atoms with E-state index in [-0.39, 0.29) is 18.0 Å². The Labute approximate surface area is 67.3 Å². The molecule has 1 amide bonds. The molecule has 1 fully saturated rings. The molecule has 2 atom stereocenters. The molecule has 0 aromatic rings. The molecule has 0 aliphatic heterocycles. The number of nitrogens with two attached hydrogens (primary N) is 1. The molecule has 3 heteroatoms. The van der Waals surface area contributed by atoms with Crippen LogP contribution >= 0.6 is 0 Å². The molecule has 1 aliphatic rings. The minimum atomic E-state index is 0.0346. The third-order valence-corrected chi connectivity index (χ3v) is 2.21. The topological polar surface area (TPSA) is 55.1 Å². The van der Waals surface area contributed by atoms with Gasteiger partial charge in [0.2, 0.25) is 5.91 Å². The standard InChI is InChI=1S/C8H16N2O/c1-6(11)10-8-5-3-2-4-7(8)9/h7-8H,2-5,9H2,1H3,(H,10,11)/t7-,8+/m1/s1. The quantitative estimate of drug-likeness (QED) is 0.577. The van der Waals surface area contributed by atoms with Gasteiger partial charge >= 0.3 is 0 Å². The first-order chi connectivity index (χ1) is 5.20. The molecular weight excluding hydrogens is 140 g/mol.